The monoisotopic (exact) mass is 223 g/mol. The van der Waals surface area contributed by atoms with Crippen LogP contribution in [-0.2, 0) is 14.8 Å². The summed E-state index contributed by atoms with van der Waals surface area (Å²) in [4.78, 5) is 11.3. The molecule has 1 fully saturated rings. The Balaban J connectivity index is 2.47. The maximum absolute atomic E-state index is 11.3. The van der Waals surface area contributed by atoms with Crippen LogP contribution in [0.15, 0.2) is 0 Å². The van der Waals surface area contributed by atoms with E-state index < -0.39 is 10.0 Å². The van der Waals surface area contributed by atoms with Gasteiger partial charge in [0.25, 0.3) is 0 Å². The molecule has 0 aromatic carbocycles. The summed E-state index contributed by atoms with van der Waals surface area (Å²) in [6.07, 6.45) is 2.57. The minimum Gasteiger partial charge on any atom is -0.274 e. The molecule has 1 aliphatic heterocycles. The van der Waals surface area contributed by atoms with Crippen LogP contribution in [0.25, 0.3) is 0 Å². The molecule has 1 aliphatic rings. The van der Waals surface area contributed by atoms with Gasteiger partial charge in [-0.25, -0.2) is 8.42 Å². The van der Waals surface area contributed by atoms with Gasteiger partial charge in [0, 0.05) is 5.92 Å². The molecule has 0 radical (unpaired) electrons. The first-order valence-electron chi connectivity index (χ1n) is 4.08. The fourth-order valence-corrected chi connectivity index (χ4v) is 2.86. The van der Waals surface area contributed by atoms with Gasteiger partial charge < -0.3 is 0 Å². The maximum Gasteiger partial charge on any atom is 0.236 e. The van der Waals surface area contributed by atoms with Crippen molar-refractivity contribution in [2.75, 3.05) is 17.8 Å². The number of thioether (sulfide) groups is 1. The molecule has 1 amide bonds. The fourth-order valence-electron chi connectivity index (χ4n) is 1.23. The third-order valence-corrected chi connectivity index (χ3v) is 3.50. The number of carbonyl (C=O) groups is 1. The Bertz CT molecular complexity index is 280. The van der Waals surface area contributed by atoms with Crippen molar-refractivity contribution in [3.8, 4) is 0 Å². The predicted octanol–water partition coefficient (Wildman–Crippen LogP) is 0.205. The van der Waals surface area contributed by atoms with Crippen LogP contribution in [0.3, 0.4) is 0 Å². The van der Waals surface area contributed by atoms with E-state index in [0.29, 0.717) is 0 Å². The summed E-state index contributed by atoms with van der Waals surface area (Å²) in [5.74, 6) is 1.43. The lowest BCUT2D eigenvalue weighted by Gasteiger charge is -2.19. The van der Waals surface area contributed by atoms with Crippen molar-refractivity contribution < 1.29 is 13.2 Å². The Morgan fingerprint density at radius 3 is 2.38 bits per heavy atom. The summed E-state index contributed by atoms with van der Waals surface area (Å²) >= 11 is 1.80. The molecule has 0 aromatic heterocycles. The van der Waals surface area contributed by atoms with Crippen molar-refractivity contribution in [3.63, 3.8) is 0 Å². The molecule has 0 aliphatic carbocycles. The van der Waals surface area contributed by atoms with Gasteiger partial charge in [0.15, 0.2) is 0 Å². The van der Waals surface area contributed by atoms with Gasteiger partial charge in [0.1, 0.15) is 0 Å². The van der Waals surface area contributed by atoms with Crippen LogP contribution < -0.4 is 4.72 Å². The van der Waals surface area contributed by atoms with E-state index in [1.807, 2.05) is 4.72 Å². The molecule has 0 saturated carbocycles. The van der Waals surface area contributed by atoms with Gasteiger partial charge in [0.2, 0.25) is 15.9 Å². The van der Waals surface area contributed by atoms with Gasteiger partial charge in [-0.05, 0) is 24.3 Å². The molecule has 0 spiro atoms. The molecular weight excluding hydrogens is 210 g/mol. The lowest BCUT2D eigenvalue weighted by Crippen LogP contribution is -2.36. The summed E-state index contributed by atoms with van der Waals surface area (Å²) in [6, 6.07) is 0. The largest absolute Gasteiger partial charge is 0.274 e. The lowest BCUT2D eigenvalue weighted by atomic mass is 10.0. The van der Waals surface area contributed by atoms with Gasteiger partial charge >= 0.3 is 0 Å². The van der Waals surface area contributed by atoms with Gasteiger partial charge in [-0.2, -0.15) is 11.8 Å². The number of sulfonamides is 1. The smallest absolute Gasteiger partial charge is 0.236 e. The van der Waals surface area contributed by atoms with Gasteiger partial charge in [-0.1, -0.05) is 0 Å². The van der Waals surface area contributed by atoms with E-state index in [-0.39, 0.29) is 11.8 Å². The lowest BCUT2D eigenvalue weighted by molar-refractivity contribution is -0.123. The van der Waals surface area contributed by atoms with E-state index in [9.17, 15) is 13.2 Å². The number of rotatable bonds is 2. The molecule has 6 heteroatoms. The quantitative estimate of drug-likeness (QED) is 0.726. The van der Waals surface area contributed by atoms with Gasteiger partial charge in [0.05, 0.1) is 6.26 Å². The van der Waals surface area contributed by atoms with Crippen LogP contribution >= 0.6 is 11.8 Å². The topological polar surface area (TPSA) is 63.2 Å². The Hall–Kier alpha value is -0.230. The first kappa shape index (κ1) is 10.8. The third kappa shape index (κ3) is 3.99. The average molecular weight is 223 g/mol. The minimum absolute atomic E-state index is 0.115. The van der Waals surface area contributed by atoms with Crippen molar-refractivity contribution in [2.24, 2.45) is 5.92 Å². The molecule has 0 aromatic rings. The average Bonchev–Trinajstić information content (AvgIpc) is 2.03. The Morgan fingerprint density at radius 1 is 1.38 bits per heavy atom. The van der Waals surface area contributed by atoms with Crippen molar-refractivity contribution in [1.82, 2.24) is 4.72 Å². The highest BCUT2D eigenvalue weighted by atomic mass is 32.2. The number of amides is 1. The van der Waals surface area contributed by atoms with Gasteiger partial charge in [-0.3, -0.25) is 9.52 Å². The Morgan fingerprint density at radius 2 is 1.92 bits per heavy atom. The van der Waals surface area contributed by atoms with Crippen LogP contribution in [-0.4, -0.2) is 32.1 Å². The molecule has 1 heterocycles. The van der Waals surface area contributed by atoms with Crippen LogP contribution in [0.2, 0.25) is 0 Å². The molecule has 76 valence electrons. The third-order valence-electron chi connectivity index (χ3n) is 1.88. The summed E-state index contributed by atoms with van der Waals surface area (Å²) < 4.78 is 23.5. The maximum atomic E-state index is 11.3. The number of hydrogen-bond acceptors (Lipinski definition) is 4. The van der Waals surface area contributed by atoms with E-state index in [4.69, 9.17) is 0 Å². The summed E-state index contributed by atoms with van der Waals surface area (Å²) in [6.45, 7) is 0. The van der Waals surface area contributed by atoms with Crippen LogP contribution in [0.1, 0.15) is 12.8 Å². The molecule has 4 nitrogen and oxygen atoms in total. The first-order chi connectivity index (χ1) is 5.99. The van der Waals surface area contributed by atoms with E-state index in [1.165, 1.54) is 0 Å². The van der Waals surface area contributed by atoms with Crippen molar-refractivity contribution >= 4 is 27.7 Å². The van der Waals surface area contributed by atoms with E-state index >= 15 is 0 Å². The standard InChI is InChI=1S/C7H13NO3S2/c1-13(10,11)8-7(9)6-2-4-12-5-3-6/h6H,2-5H2,1H3,(H,8,9). The van der Waals surface area contributed by atoms with Crippen LogP contribution in [0.5, 0.6) is 0 Å². The number of carbonyl (C=O) groups excluding carboxylic acids is 1. The van der Waals surface area contributed by atoms with Crippen LogP contribution in [0, 0.1) is 5.92 Å². The minimum atomic E-state index is -3.38. The zero-order chi connectivity index (χ0) is 9.90. The van der Waals surface area contributed by atoms with E-state index in [2.05, 4.69) is 0 Å². The highest BCUT2D eigenvalue weighted by Crippen LogP contribution is 2.22. The van der Waals surface area contributed by atoms with E-state index in [1.54, 1.807) is 11.8 Å². The summed E-state index contributed by atoms with van der Waals surface area (Å²) in [5, 5.41) is 0. The van der Waals surface area contributed by atoms with E-state index in [0.717, 1.165) is 30.6 Å². The molecular formula is C7H13NO3S2. The number of nitrogens with one attached hydrogen (secondary N) is 1. The second-order valence-electron chi connectivity index (χ2n) is 3.13. The first-order valence-corrected chi connectivity index (χ1v) is 7.13. The molecule has 1 saturated heterocycles. The Kier molecular flexibility index (Phi) is 3.61. The second kappa shape index (κ2) is 4.32. The van der Waals surface area contributed by atoms with Gasteiger partial charge in [-0.15, -0.1) is 0 Å². The fraction of sp³-hybridized carbons (Fsp3) is 0.857. The molecule has 13 heavy (non-hydrogen) atoms. The molecule has 0 bridgehead atoms. The molecule has 0 unspecified atom stereocenters. The normalized spacial score (nSPS) is 19.8. The van der Waals surface area contributed by atoms with Crippen molar-refractivity contribution in [1.29, 1.82) is 0 Å². The molecule has 1 N–H and O–H groups in total. The SMILES string of the molecule is CS(=O)(=O)NC(=O)C1CCSCC1. The zero-order valence-corrected chi connectivity index (χ0v) is 9.08. The molecule has 1 rings (SSSR count). The zero-order valence-electron chi connectivity index (χ0n) is 7.45. The highest BCUT2D eigenvalue weighted by molar-refractivity contribution is 7.99. The highest BCUT2D eigenvalue weighted by Gasteiger charge is 2.23. The predicted molar refractivity (Wildman–Crippen MR) is 53.0 cm³/mol. The van der Waals surface area contributed by atoms with Crippen molar-refractivity contribution in [2.45, 2.75) is 12.8 Å². The Labute approximate surface area is 82.5 Å². The number of hydrogen-bond donors (Lipinski definition) is 1. The summed E-state index contributed by atoms with van der Waals surface area (Å²) in [5.41, 5.74) is 0. The van der Waals surface area contributed by atoms with Crippen LogP contribution in [0.4, 0.5) is 0 Å². The molecule has 0 atom stereocenters. The van der Waals surface area contributed by atoms with Crippen molar-refractivity contribution in [3.05, 3.63) is 0 Å². The second-order valence-corrected chi connectivity index (χ2v) is 6.10. The summed E-state index contributed by atoms with van der Waals surface area (Å²) in [7, 11) is -3.38.